The number of anilines is 2. The summed E-state index contributed by atoms with van der Waals surface area (Å²) in [5.74, 6) is -2.83. The summed E-state index contributed by atoms with van der Waals surface area (Å²) in [4.78, 5) is 18.9. The molecule has 0 radical (unpaired) electrons. The van der Waals surface area contributed by atoms with E-state index >= 15 is 0 Å². The number of hydrogen-bond donors (Lipinski definition) is 1. The number of nitrogens with zero attached hydrogens (tertiary/aromatic N) is 5. The molecule has 1 aliphatic carbocycles. The fourth-order valence-electron chi connectivity index (χ4n) is 5.23. The minimum atomic E-state index is -4.64. The van der Waals surface area contributed by atoms with Gasteiger partial charge in [0.25, 0.3) is 11.8 Å². The number of carbonyl (C=O) groups is 1. The standard InChI is InChI=1S/C24H23F5N6O/c1-4-30-18-7-14(22(10-23(25,26)11-22)21-33-31-12-34(21)3)8-19(32-18)35-9-16-15(20(35)36)5-13(2)6-17(16)24(27,28)29/h5-8,12H,4,9-11H2,1-3H3,(H,30,32). The maximum Gasteiger partial charge on any atom is 0.416 e. The van der Waals surface area contributed by atoms with Gasteiger partial charge in [-0.25, -0.2) is 13.8 Å². The number of rotatable bonds is 5. The van der Waals surface area contributed by atoms with Gasteiger partial charge in [0.1, 0.15) is 23.8 Å². The Labute approximate surface area is 203 Å². The van der Waals surface area contributed by atoms with Crippen LogP contribution in [0.4, 0.5) is 33.6 Å². The smallest absolute Gasteiger partial charge is 0.370 e. The first-order valence-electron chi connectivity index (χ1n) is 11.4. The molecule has 3 heterocycles. The molecule has 2 aromatic heterocycles. The number of nitrogens with one attached hydrogen (secondary N) is 1. The Kier molecular flexibility index (Phi) is 5.34. The van der Waals surface area contributed by atoms with Gasteiger partial charge < -0.3 is 9.88 Å². The summed E-state index contributed by atoms with van der Waals surface area (Å²) >= 11 is 0. The SMILES string of the molecule is CCNc1cc(C2(c3nncn3C)CC(F)(F)C2)cc(N2Cc3c(cc(C)cc3C(F)(F)F)C2=O)n1. The Morgan fingerprint density at radius 2 is 1.86 bits per heavy atom. The zero-order valence-corrected chi connectivity index (χ0v) is 19.7. The Hall–Kier alpha value is -3.57. The summed E-state index contributed by atoms with van der Waals surface area (Å²) in [5, 5.41) is 11.0. The first-order valence-corrected chi connectivity index (χ1v) is 11.4. The van der Waals surface area contributed by atoms with Crippen molar-refractivity contribution in [3.63, 3.8) is 0 Å². The van der Waals surface area contributed by atoms with Gasteiger partial charge in [-0.3, -0.25) is 9.69 Å². The highest BCUT2D eigenvalue weighted by Crippen LogP contribution is 2.57. The second-order valence-corrected chi connectivity index (χ2v) is 9.41. The minimum Gasteiger partial charge on any atom is -0.370 e. The molecule has 0 saturated heterocycles. The van der Waals surface area contributed by atoms with Crippen molar-refractivity contribution in [3.05, 3.63) is 64.2 Å². The lowest BCUT2D eigenvalue weighted by molar-refractivity contribution is -0.138. The molecule has 0 unspecified atom stereocenters. The van der Waals surface area contributed by atoms with Crippen molar-refractivity contribution in [2.45, 2.75) is 50.7 Å². The lowest BCUT2D eigenvalue weighted by Crippen LogP contribution is -2.51. The highest BCUT2D eigenvalue weighted by atomic mass is 19.4. The summed E-state index contributed by atoms with van der Waals surface area (Å²) in [6, 6.07) is 5.56. The van der Waals surface area contributed by atoms with Gasteiger partial charge in [0.2, 0.25) is 0 Å². The lowest BCUT2D eigenvalue weighted by atomic mass is 9.61. The molecule has 0 bridgehead atoms. The second-order valence-electron chi connectivity index (χ2n) is 9.41. The monoisotopic (exact) mass is 506 g/mol. The van der Waals surface area contributed by atoms with Crippen LogP contribution in [0.25, 0.3) is 0 Å². The van der Waals surface area contributed by atoms with Crippen molar-refractivity contribution in [3.8, 4) is 0 Å². The number of hydrogen-bond acceptors (Lipinski definition) is 5. The summed E-state index contributed by atoms with van der Waals surface area (Å²) < 4.78 is 71.3. The molecule has 2 aliphatic rings. The van der Waals surface area contributed by atoms with Crippen LogP contribution in [-0.2, 0) is 25.2 Å². The fraction of sp³-hybridized carbons (Fsp3) is 0.417. The van der Waals surface area contributed by atoms with Gasteiger partial charge in [0.05, 0.1) is 17.5 Å². The highest BCUT2D eigenvalue weighted by Gasteiger charge is 2.60. The Morgan fingerprint density at radius 3 is 2.44 bits per heavy atom. The molecule has 12 heteroatoms. The molecule has 3 aromatic rings. The van der Waals surface area contributed by atoms with Crippen LogP contribution < -0.4 is 10.2 Å². The van der Waals surface area contributed by atoms with Crippen LogP contribution in [0.15, 0.2) is 30.6 Å². The van der Waals surface area contributed by atoms with E-state index in [2.05, 4.69) is 20.5 Å². The maximum atomic E-state index is 14.3. The van der Waals surface area contributed by atoms with Gasteiger partial charge in [-0.05, 0) is 54.8 Å². The minimum absolute atomic E-state index is 0.0438. The van der Waals surface area contributed by atoms with Crippen molar-refractivity contribution in [2.75, 3.05) is 16.8 Å². The largest absolute Gasteiger partial charge is 0.416 e. The number of carbonyl (C=O) groups excluding carboxylic acids is 1. The Bertz CT molecular complexity index is 1360. The van der Waals surface area contributed by atoms with E-state index in [4.69, 9.17) is 0 Å². The molecule has 1 amide bonds. The zero-order chi connectivity index (χ0) is 26.0. The predicted octanol–water partition coefficient (Wildman–Crippen LogP) is 4.84. The van der Waals surface area contributed by atoms with Gasteiger partial charge in [-0.2, -0.15) is 13.2 Å². The molecule has 1 aliphatic heterocycles. The summed E-state index contributed by atoms with van der Waals surface area (Å²) in [6.45, 7) is 3.43. The van der Waals surface area contributed by atoms with Crippen LogP contribution in [0.5, 0.6) is 0 Å². The van der Waals surface area contributed by atoms with Crippen molar-refractivity contribution in [2.24, 2.45) is 7.05 Å². The molecule has 0 spiro atoms. The van der Waals surface area contributed by atoms with Crippen LogP contribution in [-0.4, -0.2) is 38.1 Å². The summed E-state index contributed by atoms with van der Waals surface area (Å²) in [7, 11) is 1.66. The van der Waals surface area contributed by atoms with Crippen LogP contribution >= 0.6 is 0 Å². The first kappa shape index (κ1) is 24.1. The zero-order valence-electron chi connectivity index (χ0n) is 19.7. The van der Waals surface area contributed by atoms with Crippen LogP contribution in [0.1, 0.15) is 58.2 Å². The van der Waals surface area contributed by atoms with Crippen molar-refractivity contribution >= 4 is 17.5 Å². The van der Waals surface area contributed by atoms with E-state index in [0.717, 1.165) is 11.0 Å². The highest BCUT2D eigenvalue weighted by molar-refractivity contribution is 6.10. The number of amides is 1. The van der Waals surface area contributed by atoms with Gasteiger partial charge >= 0.3 is 6.18 Å². The lowest BCUT2D eigenvalue weighted by Gasteiger charge is -2.46. The average molecular weight is 506 g/mol. The van der Waals surface area contributed by atoms with E-state index in [1.807, 2.05) is 6.92 Å². The normalized spacial score (nSPS) is 18.2. The Balaban J connectivity index is 1.63. The van der Waals surface area contributed by atoms with E-state index in [1.165, 1.54) is 25.4 Å². The topological polar surface area (TPSA) is 75.9 Å². The molecule has 1 aromatic carbocycles. The van der Waals surface area contributed by atoms with Crippen LogP contribution in [0.2, 0.25) is 0 Å². The molecular weight excluding hydrogens is 483 g/mol. The molecule has 36 heavy (non-hydrogen) atoms. The number of pyridine rings is 1. The molecular formula is C24H23F5N6O. The fourth-order valence-corrected chi connectivity index (χ4v) is 5.23. The molecule has 1 fully saturated rings. The molecule has 190 valence electrons. The number of aryl methyl sites for hydroxylation is 2. The van der Waals surface area contributed by atoms with E-state index in [-0.39, 0.29) is 23.5 Å². The van der Waals surface area contributed by atoms with Gasteiger partial charge in [0.15, 0.2) is 0 Å². The summed E-state index contributed by atoms with van der Waals surface area (Å²) in [5.41, 5.74) is -1.50. The van der Waals surface area contributed by atoms with E-state index in [0.29, 0.717) is 29.3 Å². The predicted molar refractivity (Wildman–Crippen MR) is 121 cm³/mol. The number of fused-ring (bicyclic) bond motifs is 1. The average Bonchev–Trinajstić information content (AvgIpc) is 3.34. The van der Waals surface area contributed by atoms with Crippen molar-refractivity contribution < 1.29 is 26.7 Å². The first-order chi connectivity index (χ1) is 16.8. The van der Waals surface area contributed by atoms with Crippen molar-refractivity contribution in [1.82, 2.24) is 19.7 Å². The third kappa shape index (κ3) is 3.79. The van der Waals surface area contributed by atoms with Crippen molar-refractivity contribution in [1.29, 1.82) is 0 Å². The number of halogens is 5. The molecule has 0 atom stereocenters. The molecule has 5 rings (SSSR count). The third-order valence-corrected chi connectivity index (χ3v) is 6.75. The van der Waals surface area contributed by atoms with Gasteiger partial charge in [0, 0.05) is 32.0 Å². The maximum absolute atomic E-state index is 14.3. The quantitative estimate of drug-likeness (QED) is 0.501. The number of alkyl halides is 5. The van der Waals surface area contributed by atoms with Crippen LogP contribution in [0.3, 0.4) is 0 Å². The van der Waals surface area contributed by atoms with Crippen LogP contribution in [0, 0.1) is 6.92 Å². The number of benzene rings is 1. The molecule has 7 nitrogen and oxygen atoms in total. The van der Waals surface area contributed by atoms with E-state index in [9.17, 15) is 26.7 Å². The number of aromatic nitrogens is 4. The third-order valence-electron chi connectivity index (χ3n) is 6.75. The van der Waals surface area contributed by atoms with Gasteiger partial charge in [-0.1, -0.05) is 0 Å². The Morgan fingerprint density at radius 1 is 1.14 bits per heavy atom. The summed E-state index contributed by atoms with van der Waals surface area (Å²) in [6.07, 6.45) is -4.26. The molecule has 1 saturated carbocycles. The van der Waals surface area contributed by atoms with E-state index in [1.54, 1.807) is 17.7 Å². The van der Waals surface area contributed by atoms with Gasteiger partial charge in [-0.15, -0.1) is 10.2 Å². The van der Waals surface area contributed by atoms with E-state index < -0.39 is 41.8 Å². The molecule has 1 N–H and O–H groups in total. The second kappa shape index (κ2) is 7.97.